The molecule has 0 bridgehead atoms. The lowest BCUT2D eigenvalue weighted by molar-refractivity contribution is -0.123. The van der Waals surface area contributed by atoms with Crippen LogP contribution in [0.2, 0.25) is 5.02 Å². The van der Waals surface area contributed by atoms with Gasteiger partial charge in [0.2, 0.25) is 10.0 Å². The van der Waals surface area contributed by atoms with Gasteiger partial charge in [0.05, 0.1) is 28.4 Å². The fourth-order valence-corrected chi connectivity index (χ4v) is 3.67. The third-order valence-electron chi connectivity index (χ3n) is 4.14. The minimum atomic E-state index is -3.69. The van der Waals surface area contributed by atoms with E-state index < -0.39 is 15.9 Å². The van der Waals surface area contributed by atoms with Gasteiger partial charge in [-0.1, -0.05) is 35.9 Å². The minimum Gasteiger partial charge on any atom is -0.482 e. The zero-order chi connectivity index (χ0) is 22.3. The summed E-state index contributed by atoms with van der Waals surface area (Å²) in [5.41, 5.74) is 3.54. The van der Waals surface area contributed by atoms with Crippen molar-refractivity contribution in [3.63, 3.8) is 0 Å². The van der Waals surface area contributed by atoms with E-state index in [2.05, 4.69) is 15.2 Å². The number of carbonyl (C=O) groups is 1. The van der Waals surface area contributed by atoms with Gasteiger partial charge in [-0.3, -0.25) is 4.79 Å². The van der Waals surface area contributed by atoms with Gasteiger partial charge in [-0.05, 0) is 48.9 Å². The maximum absolute atomic E-state index is 12.4. The molecule has 0 radical (unpaired) electrons. The topological polar surface area (TPSA) is 110 Å². The number of hydrogen-bond donors (Lipinski definition) is 2. The molecular weight excluding hydrogens is 442 g/mol. The van der Waals surface area contributed by atoms with Gasteiger partial charge in [-0.15, -0.1) is 0 Å². The summed E-state index contributed by atoms with van der Waals surface area (Å²) < 4.78 is 37.7. The Morgan fingerprint density at radius 1 is 1.10 bits per heavy atom. The molecule has 2 aromatic carbocycles. The van der Waals surface area contributed by atoms with Gasteiger partial charge < -0.3 is 9.15 Å². The number of furan rings is 1. The molecule has 1 aromatic heterocycles. The van der Waals surface area contributed by atoms with Crippen LogP contribution >= 0.6 is 11.6 Å². The Hall–Kier alpha value is -3.14. The summed E-state index contributed by atoms with van der Waals surface area (Å²) in [7, 11) is -3.69. The molecule has 0 aliphatic rings. The van der Waals surface area contributed by atoms with Crippen LogP contribution in [0.15, 0.2) is 81.3 Å². The molecule has 1 heterocycles. The first-order valence-electron chi connectivity index (χ1n) is 9.18. The highest BCUT2D eigenvalue weighted by atomic mass is 35.5. The number of hydrazone groups is 1. The van der Waals surface area contributed by atoms with Crippen LogP contribution in [0.3, 0.4) is 0 Å². The Kier molecular flexibility index (Phi) is 7.45. The number of amides is 1. The first kappa shape index (κ1) is 22.5. The van der Waals surface area contributed by atoms with E-state index in [1.165, 1.54) is 18.4 Å². The van der Waals surface area contributed by atoms with Crippen LogP contribution in [-0.4, -0.2) is 26.6 Å². The number of nitrogens with zero attached hydrogens (tertiary/aromatic N) is 1. The second-order valence-electron chi connectivity index (χ2n) is 6.38. The van der Waals surface area contributed by atoms with Crippen molar-refractivity contribution in [3.8, 4) is 5.75 Å². The van der Waals surface area contributed by atoms with E-state index in [-0.39, 0.29) is 18.0 Å². The third kappa shape index (κ3) is 6.42. The molecule has 0 spiro atoms. The molecule has 0 fully saturated rings. The average Bonchev–Trinajstić information content (AvgIpc) is 3.29. The Balaban J connectivity index is 1.55. The molecule has 1 amide bonds. The van der Waals surface area contributed by atoms with Crippen LogP contribution in [0.25, 0.3) is 0 Å². The van der Waals surface area contributed by atoms with E-state index in [4.69, 9.17) is 20.8 Å². The summed E-state index contributed by atoms with van der Waals surface area (Å²) in [6, 6.07) is 16.3. The molecule has 31 heavy (non-hydrogen) atoms. The number of nitrogens with one attached hydrogen (secondary N) is 2. The highest BCUT2D eigenvalue weighted by Crippen LogP contribution is 2.22. The van der Waals surface area contributed by atoms with E-state index in [1.807, 2.05) is 0 Å². The molecule has 162 valence electrons. The van der Waals surface area contributed by atoms with Crippen molar-refractivity contribution in [3.05, 3.63) is 83.3 Å². The monoisotopic (exact) mass is 461 g/mol. The van der Waals surface area contributed by atoms with Crippen LogP contribution in [0.5, 0.6) is 5.75 Å². The van der Waals surface area contributed by atoms with Crippen molar-refractivity contribution in [1.29, 1.82) is 0 Å². The van der Waals surface area contributed by atoms with Gasteiger partial charge in [0.1, 0.15) is 11.5 Å². The lowest BCUT2D eigenvalue weighted by atomic mass is 10.1. The molecule has 0 atom stereocenters. The Morgan fingerprint density at radius 3 is 2.52 bits per heavy atom. The molecular formula is C21H20ClN3O5S. The molecule has 0 saturated carbocycles. The summed E-state index contributed by atoms with van der Waals surface area (Å²) >= 11 is 5.97. The van der Waals surface area contributed by atoms with Crippen LogP contribution in [0.4, 0.5) is 0 Å². The first-order valence-corrected chi connectivity index (χ1v) is 11.0. The molecule has 0 aliphatic carbocycles. The maximum atomic E-state index is 12.4. The summed E-state index contributed by atoms with van der Waals surface area (Å²) in [6.07, 6.45) is 1.47. The minimum absolute atomic E-state index is 0.0554. The SMILES string of the molecule is C/C(=N\NC(=O)COc1ccccc1Cl)c1ccc(S(=O)(=O)NCc2ccco2)cc1. The molecule has 0 unspecified atom stereocenters. The zero-order valence-corrected chi connectivity index (χ0v) is 18.1. The number of rotatable bonds is 9. The third-order valence-corrected chi connectivity index (χ3v) is 5.87. The van der Waals surface area contributed by atoms with E-state index in [9.17, 15) is 13.2 Å². The number of hydrogen-bond acceptors (Lipinski definition) is 6. The Bertz CT molecular complexity index is 1160. The molecule has 3 aromatic rings. The zero-order valence-electron chi connectivity index (χ0n) is 16.5. The quantitative estimate of drug-likeness (QED) is 0.375. The van der Waals surface area contributed by atoms with Gasteiger partial charge in [0.25, 0.3) is 5.91 Å². The van der Waals surface area contributed by atoms with Gasteiger partial charge in [0.15, 0.2) is 6.61 Å². The highest BCUT2D eigenvalue weighted by molar-refractivity contribution is 7.89. The summed E-state index contributed by atoms with van der Waals surface area (Å²) in [5.74, 6) is 0.454. The molecule has 10 heteroatoms. The van der Waals surface area contributed by atoms with Gasteiger partial charge >= 0.3 is 0 Å². The van der Waals surface area contributed by atoms with Crippen molar-refractivity contribution in [1.82, 2.24) is 10.1 Å². The second-order valence-corrected chi connectivity index (χ2v) is 8.55. The van der Waals surface area contributed by atoms with Crippen LogP contribution in [0.1, 0.15) is 18.2 Å². The van der Waals surface area contributed by atoms with Crippen molar-refractivity contribution < 1.29 is 22.4 Å². The fraction of sp³-hybridized carbons (Fsp3) is 0.143. The standard InChI is InChI=1S/C21H20ClN3O5S/c1-15(24-25-21(26)14-30-20-7-3-2-6-19(20)22)16-8-10-18(11-9-16)31(27,28)23-13-17-5-4-12-29-17/h2-12,23H,13-14H2,1H3,(H,25,26)/b24-15+. The predicted molar refractivity (Wildman–Crippen MR) is 116 cm³/mol. The van der Waals surface area contributed by atoms with E-state index in [0.717, 1.165) is 0 Å². The fourth-order valence-electron chi connectivity index (χ4n) is 2.49. The summed E-state index contributed by atoms with van der Waals surface area (Å²) in [5, 5.41) is 4.42. The number of carbonyl (C=O) groups excluding carboxylic acids is 1. The second kappa shape index (κ2) is 10.3. The van der Waals surface area contributed by atoms with Crippen molar-refractivity contribution in [2.24, 2.45) is 5.10 Å². The first-order chi connectivity index (χ1) is 14.8. The predicted octanol–water partition coefficient (Wildman–Crippen LogP) is 3.33. The highest BCUT2D eigenvalue weighted by Gasteiger charge is 2.14. The van der Waals surface area contributed by atoms with Crippen LogP contribution < -0.4 is 14.9 Å². The molecule has 3 rings (SSSR count). The number of ether oxygens (including phenoxy) is 1. The molecule has 0 aliphatic heterocycles. The molecule has 0 saturated heterocycles. The summed E-state index contributed by atoms with van der Waals surface area (Å²) in [6.45, 7) is 1.49. The number of benzene rings is 2. The lowest BCUT2D eigenvalue weighted by Gasteiger charge is -2.08. The van der Waals surface area contributed by atoms with Gasteiger partial charge in [-0.25, -0.2) is 18.6 Å². The average molecular weight is 462 g/mol. The largest absolute Gasteiger partial charge is 0.482 e. The van der Waals surface area contributed by atoms with Crippen molar-refractivity contribution in [2.45, 2.75) is 18.4 Å². The van der Waals surface area contributed by atoms with Crippen LogP contribution in [0, 0.1) is 0 Å². The lowest BCUT2D eigenvalue weighted by Crippen LogP contribution is -2.25. The smallest absolute Gasteiger partial charge is 0.277 e. The van der Waals surface area contributed by atoms with Crippen LogP contribution in [-0.2, 0) is 21.4 Å². The normalized spacial score (nSPS) is 11.9. The Labute approximate surface area is 184 Å². The number of halogens is 1. The van der Waals surface area contributed by atoms with E-state index in [1.54, 1.807) is 55.5 Å². The number of para-hydroxylation sites is 1. The number of sulfonamides is 1. The van der Waals surface area contributed by atoms with Gasteiger partial charge in [0, 0.05) is 0 Å². The van der Waals surface area contributed by atoms with Crippen molar-refractivity contribution in [2.75, 3.05) is 6.61 Å². The summed E-state index contributed by atoms with van der Waals surface area (Å²) in [4.78, 5) is 12.0. The van der Waals surface area contributed by atoms with E-state index >= 15 is 0 Å². The molecule has 8 nitrogen and oxygen atoms in total. The van der Waals surface area contributed by atoms with Crippen molar-refractivity contribution >= 4 is 33.2 Å². The maximum Gasteiger partial charge on any atom is 0.277 e. The Morgan fingerprint density at radius 2 is 1.84 bits per heavy atom. The van der Waals surface area contributed by atoms with E-state index in [0.29, 0.717) is 27.8 Å². The molecule has 2 N–H and O–H groups in total. The van der Waals surface area contributed by atoms with Gasteiger partial charge in [-0.2, -0.15) is 5.10 Å².